The molecule has 7 heteroatoms. The highest BCUT2D eigenvalue weighted by atomic mass is 16.5. The molecule has 128 valence electrons. The highest BCUT2D eigenvalue weighted by molar-refractivity contribution is 5.90. The number of carbonyl (C=O) groups is 1. The lowest BCUT2D eigenvalue weighted by Crippen LogP contribution is -2.44. The Balaban J connectivity index is 1.55. The molecule has 1 amide bonds. The number of rotatable bonds is 4. The van der Waals surface area contributed by atoms with Crippen LogP contribution in [-0.2, 0) is 11.8 Å². The fourth-order valence-electron chi connectivity index (χ4n) is 3.65. The second-order valence-electron chi connectivity index (χ2n) is 6.99. The number of likely N-dealkylation sites (tertiary alicyclic amines) is 1. The van der Waals surface area contributed by atoms with Gasteiger partial charge in [-0.15, -0.1) is 0 Å². The van der Waals surface area contributed by atoms with Gasteiger partial charge >= 0.3 is 0 Å². The van der Waals surface area contributed by atoms with Crippen LogP contribution < -0.4 is 0 Å². The molecule has 1 aromatic rings. The highest BCUT2D eigenvalue weighted by Gasteiger charge is 2.43. The Kier molecular flexibility index (Phi) is 4.68. The Hall–Kier alpha value is -1.47. The first-order valence-corrected chi connectivity index (χ1v) is 8.46. The Bertz CT molecular complexity index is 550. The topological polar surface area (TPSA) is 63.5 Å². The van der Waals surface area contributed by atoms with Crippen molar-refractivity contribution >= 4 is 5.91 Å². The Labute approximate surface area is 137 Å². The number of aromatic nitrogens is 3. The molecule has 2 aliphatic rings. The largest absolute Gasteiger partial charge is 0.376 e. The van der Waals surface area contributed by atoms with Crippen molar-refractivity contribution in [2.45, 2.75) is 32.3 Å². The predicted octanol–water partition coefficient (Wildman–Crippen LogP) is 0.778. The first kappa shape index (κ1) is 16.4. The highest BCUT2D eigenvalue weighted by Crippen LogP contribution is 2.42. The number of ether oxygens (including phenoxy) is 1. The molecule has 0 aliphatic carbocycles. The van der Waals surface area contributed by atoms with Crippen LogP contribution in [0.1, 0.15) is 36.8 Å². The molecule has 0 aromatic carbocycles. The molecule has 1 unspecified atom stereocenters. The SMILES string of the molecule is CCN(C)CC1CC2(CCN(C(=O)c3ncnn3C)CC2)CO1. The maximum atomic E-state index is 12.5. The summed E-state index contributed by atoms with van der Waals surface area (Å²) in [5.74, 6) is 0.409. The van der Waals surface area contributed by atoms with Crippen molar-refractivity contribution in [3.8, 4) is 0 Å². The maximum Gasteiger partial charge on any atom is 0.291 e. The van der Waals surface area contributed by atoms with Gasteiger partial charge in [-0.2, -0.15) is 5.10 Å². The standard InChI is InChI=1S/C16H27N5O2/c1-4-19(2)10-13-9-16(11-23-13)5-7-21(8-6-16)15(22)14-17-12-18-20(14)3/h12-13H,4-11H2,1-3H3. The zero-order chi connectivity index (χ0) is 16.4. The summed E-state index contributed by atoms with van der Waals surface area (Å²) in [4.78, 5) is 20.8. The van der Waals surface area contributed by atoms with Crippen molar-refractivity contribution in [2.24, 2.45) is 12.5 Å². The molecule has 0 saturated carbocycles. The van der Waals surface area contributed by atoms with Gasteiger partial charge in [0.15, 0.2) is 0 Å². The van der Waals surface area contributed by atoms with Crippen LogP contribution >= 0.6 is 0 Å². The third-order valence-electron chi connectivity index (χ3n) is 5.36. The molecule has 0 N–H and O–H groups in total. The van der Waals surface area contributed by atoms with Crippen molar-refractivity contribution in [3.05, 3.63) is 12.2 Å². The van der Waals surface area contributed by atoms with E-state index in [1.54, 1.807) is 11.7 Å². The molecule has 2 fully saturated rings. The van der Waals surface area contributed by atoms with E-state index in [0.29, 0.717) is 11.9 Å². The summed E-state index contributed by atoms with van der Waals surface area (Å²) in [6.07, 6.45) is 4.91. The molecule has 23 heavy (non-hydrogen) atoms. The second kappa shape index (κ2) is 6.57. The van der Waals surface area contributed by atoms with Gasteiger partial charge in [0, 0.05) is 26.7 Å². The second-order valence-corrected chi connectivity index (χ2v) is 6.99. The molecule has 1 atom stereocenters. The summed E-state index contributed by atoms with van der Waals surface area (Å²) in [5.41, 5.74) is 0.260. The fourth-order valence-corrected chi connectivity index (χ4v) is 3.65. The van der Waals surface area contributed by atoms with Gasteiger partial charge in [-0.05, 0) is 38.3 Å². The first-order valence-electron chi connectivity index (χ1n) is 8.46. The first-order chi connectivity index (χ1) is 11.0. The van der Waals surface area contributed by atoms with Crippen molar-refractivity contribution in [3.63, 3.8) is 0 Å². The quantitative estimate of drug-likeness (QED) is 0.820. The molecule has 7 nitrogen and oxygen atoms in total. The number of aryl methyl sites for hydroxylation is 1. The molecule has 1 aromatic heterocycles. The Morgan fingerprint density at radius 1 is 1.48 bits per heavy atom. The van der Waals surface area contributed by atoms with Gasteiger partial charge in [0.1, 0.15) is 6.33 Å². The zero-order valence-corrected chi connectivity index (χ0v) is 14.4. The monoisotopic (exact) mass is 321 g/mol. The van der Waals surface area contributed by atoms with Crippen LogP contribution in [0.25, 0.3) is 0 Å². The predicted molar refractivity (Wildman–Crippen MR) is 86.1 cm³/mol. The van der Waals surface area contributed by atoms with E-state index >= 15 is 0 Å². The van der Waals surface area contributed by atoms with E-state index in [1.807, 2.05) is 4.90 Å². The van der Waals surface area contributed by atoms with Gasteiger partial charge in [-0.3, -0.25) is 4.79 Å². The van der Waals surface area contributed by atoms with Crippen molar-refractivity contribution in [1.29, 1.82) is 0 Å². The minimum absolute atomic E-state index is 0.0129. The number of likely N-dealkylation sites (N-methyl/N-ethyl adjacent to an activating group) is 1. The van der Waals surface area contributed by atoms with E-state index in [1.165, 1.54) is 6.33 Å². The summed E-state index contributed by atoms with van der Waals surface area (Å²) >= 11 is 0. The number of carbonyl (C=O) groups excluding carboxylic acids is 1. The summed E-state index contributed by atoms with van der Waals surface area (Å²) in [6.45, 7) is 6.62. The lowest BCUT2D eigenvalue weighted by Gasteiger charge is -2.38. The van der Waals surface area contributed by atoms with Crippen molar-refractivity contribution < 1.29 is 9.53 Å². The smallest absolute Gasteiger partial charge is 0.291 e. The summed E-state index contributed by atoms with van der Waals surface area (Å²) < 4.78 is 7.58. The molecule has 3 rings (SSSR count). The molecule has 0 radical (unpaired) electrons. The van der Waals surface area contributed by atoms with E-state index in [4.69, 9.17) is 4.74 Å². The van der Waals surface area contributed by atoms with Crippen LogP contribution in [-0.4, -0.2) is 76.4 Å². The molecule has 1 spiro atoms. The van der Waals surface area contributed by atoms with Crippen LogP contribution in [0.2, 0.25) is 0 Å². The van der Waals surface area contributed by atoms with E-state index in [-0.39, 0.29) is 11.3 Å². The van der Waals surface area contributed by atoms with E-state index in [2.05, 4.69) is 29.0 Å². The average molecular weight is 321 g/mol. The summed E-state index contributed by atoms with van der Waals surface area (Å²) in [7, 11) is 3.89. The Morgan fingerprint density at radius 3 is 2.83 bits per heavy atom. The third kappa shape index (κ3) is 3.40. The maximum absolute atomic E-state index is 12.5. The summed E-state index contributed by atoms with van der Waals surface area (Å²) in [5, 5.41) is 3.98. The van der Waals surface area contributed by atoms with Crippen LogP contribution in [0, 0.1) is 5.41 Å². The number of piperidine rings is 1. The summed E-state index contributed by atoms with van der Waals surface area (Å²) in [6, 6.07) is 0. The Morgan fingerprint density at radius 2 is 2.22 bits per heavy atom. The van der Waals surface area contributed by atoms with Gasteiger partial charge in [0.2, 0.25) is 5.82 Å². The van der Waals surface area contributed by atoms with Gasteiger partial charge < -0.3 is 14.5 Å². The minimum Gasteiger partial charge on any atom is -0.376 e. The van der Waals surface area contributed by atoms with Gasteiger partial charge in [0.25, 0.3) is 5.91 Å². The lowest BCUT2D eigenvalue weighted by atomic mass is 9.76. The average Bonchev–Trinajstić information content (AvgIpc) is 3.14. The fraction of sp³-hybridized carbons (Fsp3) is 0.812. The molecule has 2 saturated heterocycles. The molecule has 2 aliphatic heterocycles. The number of nitrogens with zero attached hydrogens (tertiary/aromatic N) is 5. The van der Waals surface area contributed by atoms with E-state index in [0.717, 1.165) is 52.0 Å². The number of amides is 1. The van der Waals surface area contributed by atoms with Crippen molar-refractivity contribution in [2.75, 3.05) is 39.8 Å². The zero-order valence-electron chi connectivity index (χ0n) is 14.4. The number of hydrogen-bond donors (Lipinski definition) is 0. The molecular formula is C16H27N5O2. The van der Waals surface area contributed by atoms with Gasteiger partial charge in [-0.25, -0.2) is 9.67 Å². The van der Waals surface area contributed by atoms with Crippen LogP contribution in [0.3, 0.4) is 0 Å². The van der Waals surface area contributed by atoms with Gasteiger partial charge in [-0.1, -0.05) is 6.92 Å². The lowest BCUT2D eigenvalue weighted by molar-refractivity contribution is 0.0453. The van der Waals surface area contributed by atoms with E-state index < -0.39 is 0 Å². The van der Waals surface area contributed by atoms with Crippen LogP contribution in [0.15, 0.2) is 6.33 Å². The third-order valence-corrected chi connectivity index (χ3v) is 5.36. The minimum atomic E-state index is -0.0129. The molecule has 0 bridgehead atoms. The molecule has 3 heterocycles. The van der Waals surface area contributed by atoms with Crippen LogP contribution in [0.5, 0.6) is 0 Å². The number of hydrogen-bond acceptors (Lipinski definition) is 5. The van der Waals surface area contributed by atoms with Crippen molar-refractivity contribution in [1.82, 2.24) is 24.6 Å². The van der Waals surface area contributed by atoms with Crippen LogP contribution in [0.4, 0.5) is 0 Å². The normalized spacial score (nSPS) is 23.8. The van der Waals surface area contributed by atoms with E-state index in [9.17, 15) is 4.79 Å². The van der Waals surface area contributed by atoms with Gasteiger partial charge in [0.05, 0.1) is 12.7 Å². The molecular weight excluding hydrogens is 294 g/mol.